The molecule has 0 atom stereocenters. The van der Waals surface area contributed by atoms with E-state index in [1.54, 1.807) is 0 Å². The number of carbonyl (C=O) groups is 2. The smallest absolute Gasteiger partial charge is 0.323 e. The highest BCUT2D eigenvalue weighted by atomic mass is 32.1. The minimum atomic E-state index is -0.582. The van der Waals surface area contributed by atoms with E-state index in [9.17, 15) is 9.59 Å². The third kappa shape index (κ3) is 3.48. The summed E-state index contributed by atoms with van der Waals surface area (Å²) in [5.41, 5.74) is -0.582. The number of hydrogen-bond acceptors (Lipinski definition) is 3. The summed E-state index contributed by atoms with van der Waals surface area (Å²) in [5.74, 6) is 0.889. The van der Waals surface area contributed by atoms with Gasteiger partial charge in [-0.25, -0.2) is 4.79 Å². The number of rotatable bonds is 5. The maximum Gasteiger partial charge on any atom is 0.325 e. The van der Waals surface area contributed by atoms with Crippen LogP contribution in [-0.4, -0.2) is 34.7 Å². The van der Waals surface area contributed by atoms with Crippen molar-refractivity contribution in [1.29, 1.82) is 0 Å². The zero-order valence-corrected chi connectivity index (χ0v) is 13.1. The average molecular weight is 298 g/mol. The lowest BCUT2D eigenvalue weighted by Gasteiger charge is -2.28. The fourth-order valence-electron chi connectivity index (χ4n) is 3.29. The molecular formula is C15H26N2O2S. The van der Waals surface area contributed by atoms with Gasteiger partial charge in [0.1, 0.15) is 5.54 Å². The van der Waals surface area contributed by atoms with Crippen molar-refractivity contribution in [3.63, 3.8) is 0 Å². The highest BCUT2D eigenvalue weighted by Gasteiger charge is 2.49. The van der Waals surface area contributed by atoms with Crippen LogP contribution in [0.15, 0.2) is 0 Å². The van der Waals surface area contributed by atoms with Crippen LogP contribution >= 0.6 is 12.6 Å². The second kappa shape index (κ2) is 7.34. The molecule has 1 aliphatic carbocycles. The first-order valence-corrected chi connectivity index (χ1v) is 8.58. The van der Waals surface area contributed by atoms with Gasteiger partial charge in [-0.05, 0) is 31.4 Å². The lowest BCUT2D eigenvalue weighted by atomic mass is 9.84. The van der Waals surface area contributed by atoms with Gasteiger partial charge in [-0.3, -0.25) is 9.69 Å². The molecule has 1 saturated carbocycles. The van der Waals surface area contributed by atoms with Crippen molar-refractivity contribution in [3.8, 4) is 0 Å². The molecule has 1 N–H and O–H groups in total. The first-order chi connectivity index (χ1) is 9.69. The van der Waals surface area contributed by atoms with Crippen molar-refractivity contribution >= 4 is 24.6 Å². The Hall–Kier alpha value is -0.710. The lowest BCUT2D eigenvalue weighted by molar-refractivity contribution is -0.132. The molecule has 114 valence electrons. The standard InChI is InChI=1S/C15H26N2O2S/c18-13-15(9-5-2-1-3-6-10-15)16-14(19)17(13)11-7-4-8-12-20/h20H,1-12H2,(H,16,19). The molecule has 20 heavy (non-hydrogen) atoms. The van der Waals surface area contributed by atoms with Crippen molar-refractivity contribution in [2.75, 3.05) is 12.3 Å². The number of hydrogen-bond donors (Lipinski definition) is 2. The van der Waals surface area contributed by atoms with Gasteiger partial charge in [0.2, 0.25) is 0 Å². The first kappa shape index (κ1) is 15.7. The third-order valence-corrected chi connectivity index (χ3v) is 4.81. The maximum atomic E-state index is 12.6. The molecule has 1 heterocycles. The topological polar surface area (TPSA) is 49.4 Å². The molecule has 1 saturated heterocycles. The van der Waals surface area contributed by atoms with Crippen LogP contribution in [0.4, 0.5) is 4.79 Å². The number of unbranched alkanes of at least 4 members (excludes halogenated alkanes) is 2. The summed E-state index contributed by atoms with van der Waals surface area (Å²) in [5, 5.41) is 3.00. The Labute approximate surface area is 127 Å². The van der Waals surface area contributed by atoms with Gasteiger partial charge in [0.25, 0.3) is 5.91 Å². The van der Waals surface area contributed by atoms with E-state index in [2.05, 4.69) is 17.9 Å². The van der Waals surface area contributed by atoms with Crippen LogP contribution in [0, 0.1) is 0 Å². The van der Waals surface area contributed by atoms with Crippen molar-refractivity contribution < 1.29 is 9.59 Å². The van der Waals surface area contributed by atoms with Gasteiger partial charge < -0.3 is 5.32 Å². The molecule has 3 amide bonds. The molecule has 0 aromatic carbocycles. The molecule has 0 bridgehead atoms. The number of thiol groups is 1. The van der Waals surface area contributed by atoms with Gasteiger partial charge in [-0.2, -0.15) is 12.6 Å². The van der Waals surface area contributed by atoms with Crippen LogP contribution in [0.3, 0.4) is 0 Å². The number of nitrogens with one attached hydrogen (secondary N) is 1. The largest absolute Gasteiger partial charge is 0.325 e. The van der Waals surface area contributed by atoms with Gasteiger partial charge >= 0.3 is 6.03 Å². The summed E-state index contributed by atoms with van der Waals surface area (Å²) in [6, 6.07) is -0.179. The predicted molar refractivity (Wildman–Crippen MR) is 83.0 cm³/mol. The van der Waals surface area contributed by atoms with E-state index in [0.29, 0.717) is 6.54 Å². The van der Waals surface area contributed by atoms with Crippen LogP contribution in [0.1, 0.15) is 64.2 Å². The monoisotopic (exact) mass is 298 g/mol. The number of amides is 3. The van der Waals surface area contributed by atoms with Gasteiger partial charge in [-0.1, -0.05) is 38.5 Å². The van der Waals surface area contributed by atoms with Crippen LogP contribution in [-0.2, 0) is 4.79 Å². The summed E-state index contributed by atoms with van der Waals surface area (Å²) in [4.78, 5) is 26.2. The van der Waals surface area contributed by atoms with Crippen molar-refractivity contribution in [2.45, 2.75) is 69.7 Å². The van der Waals surface area contributed by atoms with Crippen molar-refractivity contribution in [2.24, 2.45) is 0 Å². The number of carbonyl (C=O) groups excluding carboxylic acids is 2. The highest BCUT2D eigenvalue weighted by Crippen LogP contribution is 2.32. The summed E-state index contributed by atoms with van der Waals surface area (Å²) >= 11 is 4.18. The van der Waals surface area contributed by atoms with Gasteiger partial charge in [0, 0.05) is 6.54 Å². The quantitative estimate of drug-likeness (QED) is 0.465. The van der Waals surface area contributed by atoms with E-state index in [0.717, 1.165) is 50.7 Å². The van der Waals surface area contributed by atoms with Gasteiger partial charge in [0.05, 0.1) is 0 Å². The second-order valence-corrected chi connectivity index (χ2v) is 6.47. The normalized spacial score (nSPS) is 22.8. The molecule has 0 unspecified atom stereocenters. The molecule has 0 aromatic heterocycles. The first-order valence-electron chi connectivity index (χ1n) is 7.95. The fourth-order valence-corrected chi connectivity index (χ4v) is 3.51. The van der Waals surface area contributed by atoms with Crippen LogP contribution < -0.4 is 5.32 Å². The van der Waals surface area contributed by atoms with E-state index in [1.807, 2.05) is 0 Å². The molecule has 2 aliphatic rings. The lowest BCUT2D eigenvalue weighted by Crippen LogP contribution is -2.47. The third-order valence-electron chi connectivity index (χ3n) is 4.49. The molecule has 4 nitrogen and oxygen atoms in total. The fraction of sp³-hybridized carbons (Fsp3) is 0.867. The second-order valence-electron chi connectivity index (χ2n) is 6.02. The molecule has 2 fully saturated rings. The van der Waals surface area contributed by atoms with E-state index in [1.165, 1.54) is 24.2 Å². The van der Waals surface area contributed by atoms with Crippen molar-refractivity contribution in [3.05, 3.63) is 0 Å². The molecule has 1 aliphatic heterocycles. The van der Waals surface area contributed by atoms with E-state index >= 15 is 0 Å². The predicted octanol–water partition coefficient (Wildman–Crippen LogP) is 3.12. The summed E-state index contributed by atoms with van der Waals surface area (Å²) in [6.07, 6.45) is 10.3. The number of imide groups is 1. The zero-order chi connectivity index (χ0) is 14.4. The van der Waals surface area contributed by atoms with E-state index in [4.69, 9.17) is 0 Å². The Bertz CT molecular complexity index is 352. The Morgan fingerprint density at radius 2 is 1.65 bits per heavy atom. The Balaban J connectivity index is 1.95. The highest BCUT2D eigenvalue weighted by molar-refractivity contribution is 7.80. The zero-order valence-electron chi connectivity index (χ0n) is 12.2. The molecule has 5 heteroatoms. The van der Waals surface area contributed by atoms with Crippen LogP contribution in [0.5, 0.6) is 0 Å². The maximum absolute atomic E-state index is 12.6. The minimum absolute atomic E-state index is 0.0234. The average Bonchev–Trinajstić information content (AvgIpc) is 2.63. The Morgan fingerprint density at radius 1 is 1.00 bits per heavy atom. The Kier molecular flexibility index (Phi) is 5.75. The summed E-state index contributed by atoms with van der Waals surface area (Å²) < 4.78 is 0. The Morgan fingerprint density at radius 3 is 2.30 bits per heavy atom. The molecule has 0 radical (unpaired) electrons. The number of urea groups is 1. The molecule has 0 aromatic rings. The van der Waals surface area contributed by atoms with Gasteiger partial charge in [0.15, 0.2) is 0 Å². The van der Waals surface area contributed by atoms with Crippen LogP contribution in [0.2, 0.25) is 0 Å². The van der Waals surface area contributed by atoms with E-state index < -0.39 is 5.54 Å². The summed E-state index contributed by atoms with van der Waals surface area (Å²) in [7, 11) is 0. The minimum Gasteiger partial charge on any atom is -0.323 e. The van der Waals surface area contributed by atoms with Crippen molar-refractivity contribution in [1.82, 2.24) is 10.2 Å². The molecule has 2 rings (SSSR count). The van der Waals surface area contributed by atoms with Gasteiger partial charge in [-0.15, -0.1) is 0 Å². The SMILES string of the molecule is O=C1NC2(CCCCCCC2)C(=O)N1CCCCCS. The molecular weight excluding hydrogens is 272 g/mol. The van der Waals surface area contributed by atoms with Crippen LogP contribution in [0.25, 0.3) is 0 Å². The van der Waals surface area contributed by atoms with E-state index in [-0.39, 0.29) is 11.9 Å². The summed E-state index contributed by atoms with van der Waals surface area (Å²) in [6.45, 7) is 0.556. The number of nitrogens with zero attached hydrogens (tertiary/aromatic N) is 1. The molecule has 1 spiro atoms.